The molecule has 160 valence electrons. The maximum absolute atomic E-state index is 13.5. The van der Waals surface area contributed by atoms with Gasteiger partial charge in [0.05, 0.1) is 13.5 Å². The number of ether oxygens (including phenoxy) is 2. The number of hydrogen-bond donors (Lipinski definition) is 0. The molecule has 29 heavy (non-hydrogen) atoms. The number of likely N-dealkylation sites (tertiary alicyclic amines) is 1. The van der Waals surface area contributed by atoms with Crippen LogP contribution in [-0.4, -0.2) is 46.7 Å². The van der Waals surface area contributed by atoms with Crippen molar-refractivity contribution in [3.63, 3.8) is 0 Å². The van der Waals surface area contributed by atoms with Crippen molar-refractivity contribution in [3.8, 4) is 0 Å². The lowest BCUT2D eigenvalue weighted by Crippen LogP contribution is -2.57. The molecule has 2 atom stereocenters. The molecule has 1 aromatic carbocycles. The van der Waals surface area contributed by atoms with E-state index in [4.69, 9.17) is 4.74 Å². The minimum Gasteiger partial charge on any atom is -0.469 e. The monoisotopic (exact) mass is 410 g/mol. The number of carbonyl (C=O) groups is 2. The first kappa shape index (κ1) is 22.6. The molecule has 1 aliphatic rings. The Hall–Kier alpha value is -2.71. The number of methoxy groups -OCH3 is 1. The standard InChI is InChI=1S/C20H27FN2O6/c1-19(2,3)29-18(25)22-13-5-11-20(23(26)27,12-10-16(24)28-4)17(22)14-6-8-15(21)9-7-14/h6-9,17H,5,10-13H2,1-4H3/t17-,20+/m1/s1. The number of piperidine rings is 1. The Morgan fingerprint density at radius 3 is 2.45 bits per heavy atom. The molecule has 0 N–H and O–H groups in total. The number of rotatable bonds is 5. The van der Waals surface area contributed by atoms with Crippen molar-refractivity contribution in [2.24, 2.45) is 0 Å². The molecule has 9 heteroatoms. The lowest BCUT2D eigenvalue weighted by Gasteiger charge is -2.44. The van der Waals surface area contributed by atoms with Gasteiger partial charge in [0.2, 0.25) is 5.54 Å². The van der Waals surface area contributed by atoms with E-state index in [1.54, 1.807) is 20.8 Å². The predicted octanol–water partition coefficient (Wildman–Crippen LogP) is 3.87. The van der Waals surface area contributed by atoms with Gasteiger partial charge in [-0.25, -0.2) is 9.18 Å². The Morgan fingerprint density at radius 2 is 1.93 bits per heavy atom. The summed E-state index contributed by atoms with van der Waals surface area (Å²) in [5.74, 6) is -1.06. The quantitative estimate of drug-likeness (QED) is 0.415. The molecule has 0 aliphatic carbocycles. The van der Waals surface area contributed by atoms with Gasteiger partial charge < -0.3 is 9.47 Å². The van der Waals surface area contributed by atoms with Gasteiger partial charge in [0.15, 0.2) is 0 Å². The Kier molecular flexibility index (Phi) is 6.81. The molecule has 1 aliphatic heterocycles. The van der Waals surface area contributed by atoms with Crippen LogP contribution in [-0.2, 0) is 14.3 Å². The second-order valence-electron chi connectivity index (χ2n) is 8.17. The summed E-state index contributed by atoms with van der Waals surface area (Å²) in [4.78, 5) is 37.8. The molecule has 0 bridgehead atoms. The fourth-order valence-electron chi connectivity index (χ4n) is 3.73. The SMILES string of the molecule is COC(=O)CC[C@@]1([N+](=O)[O-])CCCN(C(=O)OC(C)(C)C)[C@@H]1c1ccc(F)cc1. The summed E-state index contributed by atoms with van der Waals surface area (Å²) in [5.41, 5.74) is -2.00. The molecule has 2 rings (SSSR count). The highest BCUT2D eigenvalue weighted by Crippen LogP contribution is 2.45. The smallest absolute Gasteiger partial charge is 0.411 e. The van der Waals surface area contributed by atoms with E-state index >= 15 is 0 Å². The van der Waals surface area contributed by atoms with Gasteiger partial charge in [0.25, 0.3) is 0 Å². The van der Waals surface area contributed by atoms with Gasteiger partial charge in [-0.3, -0.25) is 19.8 Å². The number of halogens is 1. The van der Waals surface area contributed by atoms with Crippen molar-refractivity contribution >= 4 is 12.1 Å². The zero-order chi connectivity index (χ0) is 21.8. The number of amides is 1. The van der Waals surface area contributed by atoms with Crippen molar-refractivity contribution in [2.75, 3.05) is 13.7 Å². The summed E-state index contributed by atoms with van der Waals surface area (Å²) < 4.78 is 23.6. The van der Waals surface area contributed by atoms with Gasteiger partial charge in [0, 0.05) is 24.3 Å². The fraction of sp³-hybridized carbons (Fsp3) is 0.600. The number of hydrogen-bond acceptors (Lipinski definition) is 6. The van der Waals surface area contributed by atoms with Crippen LogP contribution >= 0.6 is 0 Å². The van der Waals surface area contributed by atoms with Crippen molar-refractivity contribution in [1.29, 1.82) is 0 Å². The molecule has 1 aromatic rings. The molecular weight excluding hydrogens is 383 g/mol. The largest absolute Gasteiger partial charge is 0.469 e. The second kappa shape index (κ2) is 8.75. The van der Waals surface area contributed by atoms with Gasteiger partial charge in [-0.15, -0.1) is 0 Å². The van der Waals surface area contributed by atoms with E-state index in [-0.39, 0.29) is 25.8 Å². The first-order valence-electron chi connectivity index (χ1n) is 9.46. The van der Waals surface area contributed by atoms with Crippen LogP contribution in [0.3, 0.4) is 0 Å². The molecule has 1 saturated heterocycles. The molecular formula is C20H27FN2O6. The van der Waals surface area contributed by atoms with Crippen molar-refractivity contribution in [2.45, 2.75) is 63.6 Å². The van der Waals surface area contributed by atoms with Crippen molar-refractivity contribution < 1.29 is 28.4 Å². The van der Waals surface area contributed by atoms with Gasteiger partial charge in [-0.05, 0) is 44.9 Å². The van der Waals surface area contributed by atoms with E-state index in [1.807, 2.05) is 0 Å². The number of nitrogens with zero attached hydrogens (tertiary/aromatic N) is 2. The summed E-state index contributed by atoms with van der Waals surface area (Å²) in [5, 5.41) is 12.3. The van der Waals surface area contributed by atoms with Crippen LogP contribution in [0.4, 0.5) is 9.18 Å². The summed E-state index contributed by atoms with van der Waals surface area (Å²) in [7, 11) is 1.21. The Morgan fingerprint density at radius 1 is 1.31 bits per heavy atom. The zero-order valence-corrected chi connectivity index (χ0v) is 17.1. The predicted molar refractivity (Wildman–Crippen MR) is 102 cm³/mol. The summed E-state index contributed by atoms with van der Waals surface area (Å²) in [6, 6.07) is 4.24. The van der Waals surface area contributed by atoms with E-state index in [9.17, 15) is 24.1 Å². The third-order valence-corrected chi connectivity index (χ3v) is 5.00. The highest BCUT2D eigenvalue weighted by Gasteiger charge is 2.57. The van der Waals surface area contributed by atoms with Crippen LogP contribution in [0.5, 0.6) is 0 Å². The van der Waals surface area contributed by atoms with Crippen molar-refractivity contribution in [1.82, 2.24) is 4.90 Å². The highest BCUT2D eigenvalue weighted by atomic mass is 19.1. The summed E-state index contributed by atoms with van der Waals surface area (Å²) >= 11 is 0. The molecule has 1 fully saturated rings. The minimum atomic E-state index is -1.62. The third kappa shape index (κ3) is 5.21. The fourth-order valence-corrected chi connectivity index (χ4v) is 3.73. The molecule has 1 heterocycles. The number of carbonyl (C=O) groups excluding carboxylic acids is 2. The number of nitro groups is 1. The molecule has 0 aromatic heterocycles. The van der Waals surface area contributed by atoms with Crippen LogP contribution in [0.15, 0.2) is 24.3 Å². The summed E-state index contributed by atoms with van der Waals surface area (Å²) in [6.45, 7) is 5.38. The zero-order valence-electron chi connectivity index (χ0n) is 17.1. The van der Waals surface area contributed by atoms with Crippen molar-refractivity contribution in [3.05, 3.63) is 45.8 Å². The first-order chi connectivity index (χ1) is 13.5. The molecule has 1 amide bonds. The average Bonchev–Trinajstić information content (AvgIpc) is 2.64. The average molecular weight is 410 g/mol. The minimum absolute atomic E-state index is 0.117. The Bertz CT molecular complexity index is 761. The van der Waals surface area contributed by atoms with Gasteiger partial charge in [0.1, 0.15) is 17.5 Å². The third-order valence-electron chi connectivity index (χ3n) is 5.00. The van der Waals surface area contributed by atoms with Crippen LogP contribution in [0.2, 0.25) is 0 Å². The first-order valence-corrected chi connectivity index (χ1v) is 9.46. The number of esters is 1. The van der Waals surface area contributed by atoms with E-state index in [2.05, 4.69) is 4.74 Å². The van der Waals surface area contributed by atoms with Crippen LogP contribution < -0.4 is 0 Å². The molecule has 8 nitrogen and oxygen atoms in total. The molecule has 0 saturated carbocycles. The lowest BCUT2D eigenvalue weighted by atomic mass is 9.75. The highest BCUT2D eigenvalue weighted by molar-refractivity contribution is 5.70. The molecule has 0 spiro atoms. The summed E-state index contributed by atoms with van der Waals surface area (Å²) in [6.07, 6.45) is -0.432. The van der Waals surface area contributed by atoms with Gasteiger partial charge in [-0.1, -0.05) is 12.1 Å². The van der Waals surface area contributed by atoms with E-state index in [1.165, 1.54) is 36.3 Å². The van der Waals surface area contributed by atoms with Crippen LogP contribution in [0.25, 0.3) is 0 Å². The molecule has 0 unspecified atom stereocenters. The maximum Gasteiger partial charge on any atom is 0.411 e. The topological polar surface area (TPSA) is 99.0 Å². The van der Waals surface area contributed by atoms with Gasteiger partial charge in [-0.2, -0.15) is 0 Å². The van der Waals surface area contributed by atoms with E-state index in [0.717, 1.165) is 0 Å². The van der Waals surface area contributed by atoms with Crippen LogP contribution in [0.1, 0.15) is 58.1 Å². The van der Waals surface area contributed by atoms with Crippen LogP contribution in [0, 0.1) is 15.9 Å². The Balaban J connectivity index is 2.53. The normalized spacial score (nSPS) is 22.1. The lowest BCUT2D eigenvalue weighted by molar-refractivity contribution is -0.585. The van der Waals surface area contributed by atoms with E-state index in [0.29, 0.717) is 12.0 Å². The Labute approximate surface area is 169 Å². The number of benzene rings is 1. The second-order valence-corrected chi connectivity index (χ2v) is 8.17. The molecule has 0 radical (unpaired) electrons. The van der Waals surface area contributed by atoms with E-state index < -0.39 is 40.0 Å². The maximum atomic E-state index is 13.5. The van der Waals surface area contributed by atoms with Gasteiger partial charge >= 0.3 is 12.1 Å².